The molecule has 0 bridgehead atoms. The molecule has 0 radical (unpaired) electrons. The first-order valence-electron chi connectivity index (χ1n) is 6.82. The van der Waals surface area contributed by atoms with Crippen molar-refractivity contribution in [1.82, 2.24) is 4.98 Å². The van der Waals surface area contributed by atoms with Crippen molar-refractivity contribution in [2.75, 3.05) is 7.11 Å². The van der Waals surface area contributed by atoms with Crippen molar-refractivity contribution in [3.63, 3.8) is 0 Å². The minimum Gasteiger partial charge on any atom is -0.469 e. The predicted octanol–water partition coefficient (Wildman–Crippen LogP) is 4.48. The highest BCUT2D eigenvalue weighted by Gasteiger charge is 2.37. The maximum absolute atomic E-state index is 12.8. The number of carbonyl (C=O) groups excluding carboxylic acids is 1. The van der Waals surface area contributed by atoms with Crippen LogP contribution < -0.4 is 0 Å². The molecule has 0 unspecified atom stereocenters. The Kier molecular flexibility index (Phi) is 5.09. The molecule has 0 atom stereocenters. The van der Waals surface area contributed by atoms with Crippen LogP contribution in [0, 0.1) is 0 Å². The van der Waals surface area contributed by atoms with E-state index in [1.54, 1.807) is 0 Å². The molecule has 0 spiro atoms. The summed E-state index contributed by atoms with van der Waals surface area (Å²) in [6.07, 6.45) is -9.06. The molecule has 2 rings (SSSR count). The summed E-state index contributed by atoms with van der Waals surface area (Å²) in [6.45, 7) is 0. The molecule has 25 heavy (non-hydrogen) atoms. The summed E-state index contributed by atoms with van der Waals surface area (Å²) < 4.78 is 86.5. The summed E-state index contributed by atoms with van der Waals surface area (Å²) in [7, 11) is 1.17. The normalized spacial score (nSPS) is 12.3. The Hall–Kier alpha value is -2.52. The molecular formula is C15H11F6NO3. The smallest absolute Gasteiger partial charge is 0.416 e. The van der Waals surface area contributed by atoms with E-state index in [9.17, 15) is 31.1 Å². The number of alkyl halides is 6. The maximum Gasteiger partial charge on any atom is 0.416 e. The molecular weight excluding hydrogens is 356 g/mol. The first kappa shape index (κ1) is 18.8. The van der Waals surface area contributed by atoms with E-state index in [0.717, 1.165) is 6.26 Å². The van der Waals surface area contributed by atoms with Gasteiger partial charge in [0.1, 0.15) is 12.0 Å². The van der Waals surface area contributed by atoms with E-state index < -0.39 is 35.0 Å². The van der Waals surface area contributed by atoms with Crippen molar-refractivity contribution in [1.29, 1.82) is 0 Å². The summed E-state index contributed by atoms with van der Waals surface area (Å²) in [5.41, 5.74) is -3.49. The molecule has 10 heteroatoms. The summed E-state index contributed by atoms with van der Waals surface area (Å²) in [4.78, 5) is 14.9. The Balaban J connectivity index is 2.38. The average molecular weight is 367 g/mol. The van der Waals surface area contributed by atoms with Gasteiger partial charge >= 0.3 is 18.3 Å². The molecule has 0 N–H and O–H groups in total. The topological polar surface area (TPSA) is 52.3 Å². The van der Waals surface area contributed by atoms with Crippen LogP contribution in [-0.4, -0.2) is 18.1 Å². The molecule has 0 fully saturated rings. The lowest BCUT2D eigenvalue weighted by Gasteiger charge is -2.13. The molecule has 0 aliphatic carbocycles. The molecule has 4 nitrogen and oxygen atoms in total. The number of esters is 1. The van der Waals surface area contributed by atoms with Crippen LogP contribution in [0.3, 0.4) is 0 Å². The zero-order chi connectivity index (χ0) is 18.8. The molecule has 1 aromatic carbocycles. The third kappa shape index (κ3) is 4.74. The van der Waals surface area contributed by atoms with Crippen LogP contribution in [0.25, 0.3) is 11.3 Å². The molecule has 2 aromatic rings. The fourth-order valence-corrected chi connectivity index (χ4v) is 1.97. The fraction of sp³-hybridized carbons (Fsp3) is 0.333. The number of halogens is 6. The van der Waals surface area contributed by atoms with Crippen molar-refractivity contribution in [3.05, 3.63) is 41.5 Å². The number of ether oxygens (including phenoxy) is 1. The fourth-order valence-electron chi connectivity index (χ4n) is 1.97. The minimum absolute atomic E-state index is 0.00222. The SMILES string of the molecule is COC(=O)CCc1nc(-c2cc(C(F)(F)F)cc(C(F)(F)F)c2)co1. The summed E-state index contributed by atoms with van der Waals surface area (Å²) in [5, 5.41) is 0. The second-order valence-corrected chi connectivity index (χ2v) is 5.00. The molecule has 136 valence electrons. The Morgan fingerprint density at radius 1 is 1.08 bits per heavy atom. The number of hydrogen-bond donors (Lipinski definition) is 0. The van der Waals surface area contributed by atoms with E-state index in [0.29, 0.717) is 12.1 Å². The highest BCUT2D eigenvalue weighted by Crippen LogP contribution is 2.38. The van der Waals surface area contributed by atoms with Gasteiger partial charge in [0, 0.05) is 12.0 Å². The number of nitrogens with zero attached hydrogens (tertiary/aromatic N) is 1. The minimum atomic E-state index is -4.95. The molecule has 0 saturated carbocycles. The molecule has 0 aliphatic heterocycles. The first-order chi connectivity index (χ1) is 11.5. The monoisotopic (exact) mass is 367 g/mol. The summed E-state index contributed by atoms with van der Waals surface area (Å²) in [6, 6.07) is 1.14. The standard InChI is InChI=1S/C15H11F6NO3/c1-24-13(23)3-2-12-22-11(7-25-12)8-4-9(14(16,17)18)6-10(5-8)15(19,20)21/h4-7H,2-3H2,1H3. The van der Waals surface area contributed by atoms with Gasteiger partial charge in [-0.3, -0.25) is 4.79 Å². The highest BCUT2D eigenvalue weighted by molar-refractivity contribution is 5.69. The van der Waals surface area contributed by atoms with Gasteiger partial charge in [-0.1, -0.05) is 0 Å². The van der Waals surface area contributed by atoms with Gasteiger partial charge in [-0.05, 0) is 18.2 Å². The molecule has 1 heterocycles. The van der Waals surface area contributed by atoms with Crippen molar-refractivity contribution < 1.29 is 40.3 Å². The van der Waals surface area contributed by atoms with Gasteiger partial charge in [0.25, 0.3) is 0 Å². The largest absolute Gasteiger partial charge is 0.469 e. The van der Waals surface area contributed by atoms with E-state index in [2.05, 4.69) is 9.72 Å². The van der Waals surface area contributed by atoms with Crippen molar-refractivity contribution in [2.45, 2.75) is 25.2 Å². The molecule has 0 saturated heterocycles. The summed E-state index contributed by atoms with van der Waals surface area (Å²) >= 11 is 0. The lowest BCUT2D eigenvalue weighted by Crippen LogP contribution is -2.11. The number of oxazole rings is 1. The van der Waals surface area contributed by atoms with E-state index in [1.807, 2.05) is 0 Å². The van der Waals surface area contributed by atoms with E-state index in [4.69, 9.17) is 4.42 Å². The van der Waals surface area contributed by atoms with E-state index in [-0.39, 0.29) is 30.5 Å². The van der Waals surface area contributed by atoms with Crippen molar-refractivity contribution in [3.8, 4) is 11.3 Å². The van der Waals surface area contributed by atoms with Crippen molar-refractivity contribution >= 4 is 5.97 Å². The number of aromatic nitrogens is 1. The molecule has 0 amide bonds. The third-order valence-corrected chi connectivity index (χ3v) is 3.21. The van der Waals surface area contributed by atoms with Crippen LogP contribution in [0.1, 0.15) is 23.4 Å². The average Bonchev–Trinajstić information content (AvgIpc) is 2.99. The Labute approximate surface area is 137 Å². The van der Waals surface area contributed by atoms with Crippen LogP contribution in [0.4, 0.5) is 26.3 Å². The van der Waals surface area contributed by atoms with E-state index in [1.165, 1.54) is 7.11 Å². The number of methoxy groups -OCH3 is 1. The van der Waals surface area contributed by atoms with E-state index >= 15 is 0 Å². The molecule has 1 aromatic heterocycles. The zero-order valence-corrected chi connectivity index (χ0v) is 12.7. The van der Waals surface area contributed by atoms with Crippen LogP contribution >= 0.6 is 0 Å². The van der Waals surface area contributed by atoms with Crippen LogP contribution in [0.2, 0.25) is 0 Å². The van der Waals surface area contributed by atoms with Crippen LogP contribution in [0.5, 0.6) is 0 Å². The lowest BCUT2D eigenvalue weighted by atomic mass is 10.0. The number of rotatable bonds is 4. The highest BCUT2D eigenvalue weighted by atomic mass is 19.4. The van der Waals surface area contributed by atoms with Gasteiger partial charge < -0.3 is 9.15 Å². The summed E-state index contributed by atoms with van der Waals surface area (Å²) in [5.74, 6) is -0.565. The van der Waals surface area contributed by atoms with Crippen LogP contribution in [0.15, 0.2) is 28.9 Å². The molecule has 0 aliphatic rings. The van der Waals surface area contributed by atoms with Gasteiger partial charge in [0.05, 0.1) is 24.7 Å². The third-order valence-electron chi connectivity index (χ3n) is 3.21. The quantitative estimate of drug-likeness (QED) is 0.590. The Morgan fingerprint density at radius 2 is 1.64 bits per heavy atom. The number of aryl methyl sites for hydroxylation is 1. The van der Waals surface area contributed by atoms with Gasteiger partial charge in [-0.25, -0.2) is 4.98 Å². The second kappa shape index (κ2) is 6.77. The number of benzene rings is 1. The predicted molar refractivity (Wildman–Crippen MR) is 72.3 cm³/mol. The van der Waals surface area contributed by atoms with Gasteiger partial charge in [-0.15, -0.1) is 0 Å². The Morgan fingerprint density at radius 3 is 2.12 bits per heavy atom. The Bertz CT molecular complexity index is 731. The zero-order valence-electron chi connectivity index (χ0n) is 12.7. The lowest BCUT2D eigenvalue weighted by molar-refractivity contribution is -0.143. The maximum atomic E-state index is 12.8. The van der Waals surface area contributed by atoms with Crippen molar-refractivity contribution in [2.24, 2.45) is 0 Å². The number of hydrogen-bond acceptors (Lipinski definition) is 4. The number of carbonyl (C=O) groups is 1. The van der Waals surface area contributed by atoms with Gasteiger partial charge in [0.2, 0.25) is 0 Å². The van der Waals surface area contributed by atoms with Crippen LogP contribution in [-0.2, 0) is 28.3 Å². The van der Waals surface area contributed by atoms with Gasteiger partial charge in [0.15, 0.2) is 5.89 Å². The van der Waals surface area contributed by atoms with Gasteiger partial charge in [-0.2, -0.15) is 26.3 Å². The first-order valence-corrected chi connectivity index (χ1v) is 6.82. The second-order valence-electron chi connectivity index (χ2n) is 5.00.